The Kier molecular flexibility index (Phi) is 6.64. The highest BCUT2D eigenvalue weighted by Crippen LogP contribution is 2.36. The Labute approximate surface area is 191 Å². The second kappa shape index (κ2) is 8.62. The summed E-state index contributed by atoms with van der Waals surface area (Å²) in [5, 5.41) is -1.47. The molecule has 1 aliphatic rings. The minimum absolute atomic E-state index is 0.0348. The molecule has 0 aliphatic carbocycles. The number of aryl methyl sites for hydroxylation is 1. The molecule has 0 atom stereocenters. The van der Waals surface area contributed by atoms with Gasteiger partial charge in [-0.2, -0.15) is 0 Å². The van der Waals surface area contributed by atoms with Gasteiger partial charge in [-0.25, -0.2) is 8.78 Å². The van der Waals surface area contributed by atoms with Gasteiger partial charge in [0.1, 0.15) is 11.5 Å². The number of nitrogens with zero attached hydrogens (tertiary/aromatic N) is 2. The lowest BCUT2D eigenvalue weighted by Crippen LogP contribution is -2.70. The number of halogens is 3. The van der Waals surface area contributed by atoms with Gasteiger partial charge in [0.15, 0.2) is 0 Å². The van der Waals surface area contributed by atoms with Crippen molar-refractivity contribution in [2.45, 2.75) is 36.1 Å². The average Bonchev–Trinajstić information content (AvgIpc) is 2.69. The number of rotatable bonds is 5. The number of pyridine rings is 1. The predicted octanol–water partition coefficient (Wildman–Crippen LogP) is 1.85. The lowest BCUT2D eigenvalue weighted by atomic mass is 9.47. The molecule has 0 spiro atoms. The quantitative estimate of drug-likeness (QED) is 0.733. The summed E-state index contributed by atoms with van der Waals surface area (Å²) in [7, 11) is 24.4. The van der Waals surface area contributed by atoms with Gasteiger partial charge in [-0.05, 0) is 60.3 Å². The number of nitrogens with one attached hydrogen (secondary N) is 1. The molecule has 11 heteroatoms. The number of benzene rings is 1. The summed E-state index contributed by atoms with van der Waals surface area (Å²) in [5.41, 5.74) is -0.773. The molecule has 1 aromatic heterocycles. The Bertz CT molecular complexity index is 967. The molecule has 0 saturated carbocycles. The molecule has 1 saturated heterocycles. The molecule has 8 radical (unpaired) electrons. The Morgan fingerprint density at radius 3 is 2.39 bits per heavy atom. The maximum Gasteiger partial charge on any atom is 0.253 e. The van der Waals surface area contributed by atoms with E-state index in [1.54, 1.807) is 18.3 Å². The second-order valence-corrected chi connectivity index (χ2v) is 8.38. The summed E-state index contributed by atoms with van der Waals surface area (Å²) in [6, 6.07) is 7.02. The molecule has 0 unspecified atom stereocenters. The highest BCUT2D eigenvalue weighted by atomic mass is 35.5. The highest BCUT2D eigenvalue weighted by molar-refractivity contribution is 6.44. The van der Waals surface area contributed by atoms with Crippen LogP contribution in [0.4, 0.5) is 8.78 Å². The zero-order valence-corrected chi connectivity index (χ0v) is 17.8. The smallest absolute Gasteiger partial charge is 0.253 e. The van der Waals surface area contributed by atoms with Crippen LogP contribution in [0.2, 0.25) is 5.02 Å². The van der Waals surface area contributed by atoms with Gasteiger partial charge >= 0.3 is 0 Å². The zero-order valence-electron chi connectivity index (χ0n) is 17.0. The Balaban J connectivity index is 1.70. The summed E-state index contributed by atoms with van der Waals surface area (Å²) in [5.74, 6) is -1.02. The van der Waals surface area contributed by atoms with Gasteiger partial charge in [-0.3, -0.25) is 9.78 Å². The first kappa shape index (κ1) is 23.9. The number of carbonyl (C=O) groups is 1. The molecule has 1 aliphatic heterocycles. The number of hydrogen-bond acceptors (Lipinski definition) is 3. The topological polar surface area (TPSA) is 45.2 Å². The molecule has 1 amide bonds. The van der Waals surface area contributed by atoms with E-state index in [2.05, 4.69) is 10.3 Å². The van der Waals surface area contributed by atoms with E-state index in [1.165, 1.54) is 17.0 Å². The molecular weight excluding hydrogens is 415 g/mol. The fourth-order valence-electron chi connectivity index (χ4n) is 3.52. The lowest BCUT2D eigenvalue weighted by molar-refractivity contribution is 0.0278. The van der Waals surface area contributed by atoms with E-state index in [4.69, 9.17) is 43.0 Å². The maximum absolute atomic E-state index is 15.8. The monoisotopic (exact) mass is 433 g/mol. The van der Waals surface area contributed by atoms with E-state index in [0.717, 1.165) is 11.6 Å². The van der Waals surface area contributed by atoms with Crippen molar-refractivity contribution >= 4 is 48.9 Å². The number of amides is 1. The van der Waals surface area contributed by atoms with Crippen molar-refractivity contribution in [2.24, 2.45) is 0 Å². The van der Waals surface area contributed by atoms with Gasteiger partial charge in [-0.1, -0.05) is 17.7 Å². The van der Waals surface area contributed by atoms with Crippen molar-refractivity contribution in [3.8, 4) is 0 Å². The first-order valence-electron chi connectivity index (χ1n) is 9.66. The normalized spacial score (nSPS) is 16.8. The molecular formula is C20H18B4ClF2N3O. The van der Waals surface area contributed by atoms with Crippen LogP contribution < -0.4 is 5.32 Å². The Morgan fingerprint density at radius 2 is 1.84 bits per heavy atom. The fraction of sp³-hybridized carbons (Fsp3) is 0.400. The van der Waals surface area contributed by atoms with Gasteiger partial charge in [0, 0.05) is 30.5 Å². The van der Waals surface area contributed by atoms with E-state index in [1.807, 2.05) is 6.92 Å². The molecule has 2 aromatic rings. The third-order valence-corrected chi connectivity index (χ3v) is 5.79. The molecule has 2 heterocycles. The molecule has 0 bridgehead atoms. The molecule has 1 N–H and O–H groups in total. The van der Waals surface area contributed by atoms with Crippen molar-refractivity contribution in [3.63, 3.8) is 0 Å². The second-order valence-electron chi connectivity index (χ2n) is 7.97. The van der Waals surface area contributed by atoms with Gasteiger partial charge in [0.05, 0.1) is 36.4 Å². The standard InChI is InChI=1S/C20H18B4ClF2N3O/c1-12-2-5-16(28-11-12)19(21,22)29-20(23,24)18(27)6-8-30(9-7-18)17(31)13-3-4-15(26)14(25)10-13/h2-5,10-11,29H,6-9H2,1H3. The maximum atomic E-state index is 15.8. The summed E-state index contributed by atoms with van der Waals surface area (Å²) in [6.45, 7) is 1.92. The third-order valence-electron chi connectivity index (χ3n) is 5.50. The summed E-state index contributed by atoms with van der Waals surface area (Å²) in [6.07, 6.45) is 1.24. The van der Waals surface area contributed by atoms with Gasteiger partial charge < -0.3 is 10.2 Å². The predicted molar refractivity (Wildman–Crippen MR) is 120 cm³/mol. The van der Waals surface area contributed by atoms with Crippen molar-refractivity contribution in [3.05, 3.63) is 64.2 Å². The minimum atomic E-state index is -2.11. The van der Waals surface area contributed by atoms with E-state index in [0.29, 0.717) is 0 Å². The fourth-order valence-corrected chi connectivity index (χ4v) is 3.70. The van der Waals surface area contributed by atoms with E-state index >= 15 is 4.39 Å². The largest absolute Gasteiger partial charge is 0.338 e. The lowest BCUT2D eigenvalue weighted by Gasteiger charge is -2.50. The molecule has 3 rings (SSSR count). The van der Waals surface area contributed by atoms with Crippen LogP contribution >= 0.6 is 11.6 Å². The molecule has 4 nitrogen and oxygen atoms in total. The highest BCUT2D eigenvalue weighted by Gasteiger charge is 2.48. The molecule has 31 heavy (non-hydrogen) atoms. The number of alkyl halides is 1. The van der Waals surface area contributed by atoms with E-state index < -0.39 is 28.1 Å². The Hall–Kier alpha value is -1.79. The number of carbonyl (C=O) groups excluding carboxylic acids is 1. The average molecular weight is 433 g/mol. The minimum Gasteiger partial charge on any atom is -0.338 e. The van der Waals surface area contributed by atoms with Crippen LogP contribution in [0.15, 0.2) is 36.5 Å². The van der Waals surface area contributed by atoms with Crippen molar-refractivity contribution < 1.29 is 13.6 Å². The van der Waals surface area contributed by atoms with Crippen LogP contribution in [0.3, 0.4) is 0 Å². The van der Waals surface area contributed by atoms with Gasteiger partial charge in [0.2, 0.25) is 0 Å². The Morgan fingerprint density at radius 1 is 1.19 bits per heavy atom. The van der Waals surface area contributed by atoms with Crippen LogP contribution in [0.5, 0.6) is 0 Å². The van der Waals surface area contributed by atoms with Crippen molar-refractivity contribution in [1.29, 1.82) is 0 Å². The first-order valence-corrected chi connectivity index (χ1v) is 10.0. The van der Waals surface area contributed by atoms with Crippen molar-refractivity contribution in [1.82, 2.24) is 15.2 Å². The molecule has 1 aromatic carbocycles. The number of aromatic nitrogens is 1. The SMILES string of the molecule is [B]C([B])(NC([B])([B])C1(F)CCN(C(=O)c2ccc(F)c(Cl)c2)CC1)c1ccc(C)cn1. The molecule has 1 fully saturated rings. The van der Waals surface area contributed by atoms with Crippen LogP contribution in [0, 0.1) is 12.7 Å². The summed E-state index contributed by atoms with van der Waals surface area (Å²) < 4.78 is 29.1. The van der Waals surface area contributed by atoms with Crippen LogP contribution in [0.25, 0.3) is 0 Å². The van der Waals surface area contributed by atoms with E-state index in [-0.39, 0.29) is 42.2 Å². The number of likely N-dealkylation sites (tertiary alicyclic amines) is 1. The third kappa shape index (κ3) is 5.01. The number of piperidine rings is 1. The first-order chi connectivity index (χ1) is 14.3. The molecule has 152 valence electrons. The van der Waals surface area contributed by atoms with Crippen molar-refractivity contribution in [2.75, 3.05) is 13.1 Å². The summed E-state index contributed by atoms with van der Waals surface area (Å²) >= 11 is 5.75. The zero-order chi connectivity index (χ0) is 23.0. The number of hydrogen-bond donors (Lipinski definition) is 1. The summed E-state index contributed by atoms with van der Waals surface area (Å²) in [4.78, 5) is 18.2. The van der Waals surface area contributed by atoms with Gasteiger partial charge in [-0.15, -0.1) is 0 Å². The van der Waals surface area contributed by atoms with Gasteiger partial charge in [0.25, 0.3) is 5.91 Å². The van der Waals surface area contributed by atoms with Crippen LogP contribution in [0.1, 0.15) is 34.5 Å². The van der Waals surface area contributed by atoms with Crippen LogP contribution in [-0.2, 0) is 5.34 Å². The van der Waals surface area contributed by atoms with Crippen LogP contribution in [-0.4, -0.2) is 71.3 Å². The van der Waals surface area contributed by atoms with E-state index in [9.17, 15) is 9.18 Å².